The van der Waals surface area contributed by atoms with Crippen molar-refractivity contribution < 1.29 is 47.2 Å². The molecule has 17 heteroatoms. The summed E-state index contributed by atoms with van der Waals surface area (Å²) in [5.74, 6) is -0.662. The number of ether oxygens (including phenoxy) is 5. The molecule has 5 atom stereocenters. The molecular weight excluding hydrogens is 669 g/mol. The molecule has 1 amide bonds. The third-order valence-electron chi connectivity index (χ3n) is 8.59. The topological polar surface area (TPSA) is 166 Å². The molecular formula is C31H49ClN5O10P. The van der Waals surface area contributed by atoms with E-state index < -0.39 is 55.0 Å². The maximum atomic E-state index is 13.8. The summed E-state index contributed by atoms with van der Waals surface area (Å²) in [4.78, 5) is 24.2. The zero-order valence-electron chi connectivity index (χ0n) is 29.0. The third kappa shape index (κ3) is 7.54. The Morgan fingerprint density at radius 1 is 1.12 bits per heavy atom. The molecule has 270 valence electrons. The van der Waals surface area contributed by atoms with Crippen molar-refractivity contribution in [1.29, 1.82) is 0 Å². The number of nitrogens with zero attached hydrogens (tertiary/aromatic N) is 5. The Labute approximate surface area is 286 Å². The molecule has 1 saturated carbocycles. The first kappa shape index (κ1) is 37.3. The minimum Gasteiger partial charge on any atom is -0.443 e. The number of hydrogen-bond acceptors (Lipinski definition) is 13. The summed E-state index contributed by atoms with van der Waals surface area (Å²) in [7, 11) is -3.82. The monoisotopic (exact) mass is 717 g/mol. The van der Waals surface area contributed by atoms with Gasteiger partial charge in [0.25, 0.3) is 0 Å². The predicted molar refractivity (Wildman–Crippen MR) is 176 cm³/mol. The lowest BCUT2D eigenvalue weighted by molar-refractivity contribution is -0.206. The van der Waals surface area contributed by atoms with Gasteiger partial charge in [-0.2, -0.15) is 15.1 Å². The summed E-state index contributed by atoms with van der Waals surface area (Å²) in [6.07, 6.45) is 1.75. The van der Waals surface area contributed by atoms with Crippen LogP contribution < -0.4 is 4.90 Å². The minimum atomic E-state index is -3.82. The molecule has 3 aliphatic rings. The van der Waals surface area contributed by atoms with Gasteiger partial charge in [0, 0.05) is 19.1 Å². The highest BCUT2D eigenvalue weighted by atomic mass is 35.5. The molecule has 3 fully saturated rings. The molecule has 0 radical (unpaired) electrons. The minimum absolute atomic E-state index is 0.00545. The first-order valence-electron chi connectivity index (χ1n) is 16.6. The van der Waals surface area contributed by atoms with Crippen LogP contribution in [0.25, 0.3) is 11.0 Å². The van der Waals surface area contributed by atoms with Crippen molar-refractivity contribution >= 4 is 42.1 Å². The van der Waals surface area contributed by atoms with E-state index in [2.05, 4.69) is 15.1 Å². The molecule has 1 unspecified atom stereocenters. The summed E-state index contributed by atoms with van der Waals surface area (Å²) in [5, 5.41) is 13.5. The van der Waals surface area contributed by atoms with Crippen LogP contribution in [0.3, 0.4) is 0 Å². The van der Waals surface area contributed by atoms with Crippen molar-refractivity contribution in [2.45, 2.75) is 135 Å². The first-order chi connectivity index (χ1) is 22.5. The fraction of sp³-hybridized carbons (Fsp3) is 0.806. The maximum absolute atomic E-state index is 13.8. The number of carbonyl (C=O) groups excluding carboxylic acids is 1. The molecule has 0 bridgehead atoms. The summed E-state index contributed by atoms with van der Waals surface area (Å²) in [6, 6.07) is -0.129. The Bertz CT molecular complexity index is 1490. The predicted octanol–water partition coefficient (Wildman–Crippen LogP) is 5.96. The van der Waals surface area contributed by atoms with Crippen molar-refractivity contribution in [3.05, 3.63) is 11.5 Å². The third-order valence-corrected chi connectivity index (χ3v) is 11.5. The molecule has 1 N–H and O–H groups in total. The van der Waals surface area contributed by atoms with Crippen LogP contribution in [0.2, 0.25) is 5.28 Å². The van der Waals surface area contributed by atoms with E-state index in [0.717, 1.165) is 25.7 Å². The number of fused-ring (bicyclic) bond motifs is 2. The lowest BCUT2D eigenvalue weighted by atomic mass is 10.1. The van der Waals surface area contributed by atoms with Crippen molar-refractivity contribution in [2.24, 2.45) is 0 Å². The lowest BCUT2D eigenvalue weighted by Crippen LogP contribution is -2.43. The van der Waals surface area contributed by atoms with Crippen molar-refractivity contribution in [2.75, 3.05) is 31.3 Å². The molecule has 2 saturated heterocycles. The molecule has 0 aromatic carbocycles. The van der Waals surface area contributed by atoms with E-state index in [0.29, 0.717) is 16.9 Å². The summed E-state index contributed by atoms with van der Waals surface area (Å²) in [6.45, 7) is 13.9. The molecule has 1 aliphatic carbocycles. The number of rotatable bonds is 13. The summed E-state index contributed by atoms with van der Waals surface area (Å²) >= 11 is 6.53. The number of halogens is 1. The van der Waals surface area contributed by atoms with Gasteiger partial charge in [0.1, 0.15) is 23.9 Å². The van der Waals surface area contributed by atoms with Crippen molar-refractivity contribution in [1.82, 2.24) is 19.7 Å². The largest absolute Gasteiger partial charge is 0.443 e. The zero-order chi connectivity index (χ0) is 35.1. The van der Waals surface area contributed by atoms with Gasteiger partial charge in [-0.25, -0.2) is 9.48 Å². The highest BCUT2D eigenvalue weighted by Crippen LogP contribution is 2.62. The van der Waals surface area contributed by atoms with Gasteiger partial charge in [-0.1, -0.05) is 12.8 Å². The number of aliphatic hydroxyl groups excluding tert-OH is 1. The van der Waals surface area contributed by atoms with E-state index in [1.54, 1.807) is 50.4 Å². The van der Waals surface area contributed by atoms with Crippen LogP contribution in [-0.2, 0) is 37.3 Å². The van der Waals surface area contributed by atoms with Crippen LogP contribution in [0.15, 0.2) is 6.20 Å². The second-order valence-electron chi connectivity index (χ2n) is 13.9. The summed E-state index contributed by atoms with van der Waals surface area (Å²) < 4.78 is 57.8. The van der Waals surface area contributed by atoms with Crippen LogP contribution in [-0.4, -0.2) is 98.5 Å². The second kappa shape index (κ2) is 14.4. The van der Waals surface area contributed by atoms with Gasteiger partial charge in [0.2, 0.25) is 5.28 Å². The van der Waals surface area contributed by atoms with Crippen LogP contribution in [0, 0.1) is 0 Å². The van der Waals surface area contributed by atoms with E-state index in [4.69, 9.17) is 44.3 Å². The van der Waals surface area contributed by atoms with Crippen LogP contribution in [0.4, 0.5) is 10.6 Å². The maximum Gasteiger partial charge on any atom is 0.416 e. The quantitative estimate of drug-likeness (QED) is 0.191. The molecule has 2 aromatic heterocycles. The standard InChI is InChI=1S/C31H49ClN5O10P/c1-9-42-48(40,43-10-2)31(8,15-16-38)41-18-21-22-23(46-30(6,7)45-22)26(44-21)37-25-20(17-33-37)24(34-27(32)35-25)36(19-13-11-12-14-19)28(39)47-29(3,4)5/h17,19,21-23,26,38H,9-16,18H2,1-8H3/t21-,22-,23-,26-,31?/m1/s1. The van der Waals surface area contributed by atoms with Gasteiger partial charge in [-0.05, 0) is 79.8 Å². The fourth-order valence-corrected chi connectivity index (χ4v) is 8.60. The summed E-state index contributed by atoms with van der Waals surface area (Å²) in [5.41, 5.74) is -0.394. The average molecular weight is 718 g/mol. The number of aliphatic hydroxyl groups is 1. The van der Waals surface area contributed by atoms with Crippen LogP contribution in [0.1, 0.15) is 93.7 Å². The lowest BCUT2D eigenvalue weighted by Gasteiger charge is -2.36. The molecule has 2 aromatic rings. The Kier molecular flexibility index (Phi) is 11.2. The number of carbonyl (C=O) groups is 1. The smallest absolute Gasteiger partial charge is 0.416 e. The van der Waals surface area contributed by atoms with Crippen LogP contribution >= 0.6 is 19.2 Å². The number of anilines is 1. The van der Waals surface area contributed by atoms with E-state index in [1.165, 1.54) is 0 Å². The highest BCUT2D eigenvalue weighted by Gasteiger charge is 2.58. The molecule has 0 spiro atoms. The second-order valence-corrected chi connectivity index (χ2v) is 16.6. The Morgan fingerprint density at radius 2 is 1.77 bits per heavy atom. The number of amides is 1. The van der Waals surface area contributed by atoms with Crippen molar-refractivity contribution in [3.8, 4) is 0 Å². The molecule has 4 heterocycles. The van der Waals surface area contributed by atoms with E-state index in [9.17, 15) is 14.5 Å². The van der Waals surface area contributed by atoms with Crippen molar-refractivity contribution in [3.63, 3.8) is 0 Å². The SMILES string of the molecule is CCOP(=O)(OCC)C(C)(CCO)OC[C@H]1O[C@@H](n2ncc3c(N(C(=O)OC(C)(C)C)C4CCCC4)nc(Cl)nc32)[C@@H]2OC(C)(C)O[C@@H]21. The fourth-order valence-electron chi connectivity index (χ4n) is 6.53. The zero-order valence-corrected chi connectivity index (χ0v) is 30.7. The molecule has 2 aliphatic heterocycles. The number of hydrogen-bond donors (Lipinski definition) is 1. The average Bonchev–Trinajstić information content (AvgIpc) is 3.76. The van der Waals surface area contributed by atoms with Gasteiger partial charge < -0.3 is 37.8 Å². The van der Waals surface area contributed by atoms with E-state index in [1.807, 2.05) is 20.8 Å². The molecule has 15 nitrogen and oxygen atoms in total. The Balaban J connectivity index is 1.49. The van der Waals surface area contributed by atoms with Gasteiger partial charge >= 0.3 is 13.7 Å². The van der Waals surface area contributed by atoms with Gasteiger partial charge in [0.15, 0.2) is 28.8 Å². The molecule has 5 rings (SSSR count). The normalized spacial score (nSPS) is 25.8. The highest BCUT2D eigenvalue weighted by molar-refractivity contribution is 7.55. The van der Waals surface area contributed by atoms with E-state index in [-0.39, 0.29) is 44.2 Å². The van der Waals surface area contributed by atoms with Gasteiger partial charge in [0.05, 0.1) is 31.4 Å². The Hall–Kier alpha value is -1.94. The van der Waals surface area contributed by atoms with Gasteiger partial charge in [-0.15, -0.1) is 0 Å². The molecule has 48 heavy (non-hydrogen) atoms. The van der Waals surface area contributed by atoms with Crippen LogP contribution in [0.5, 0.6) is 0 Å². The van der Waals surface area contributed by atoms with Gasteiger partial charge in [-0.3, -0.25) is 9.46 Å². The Morgan fingerprint density at radius 3 is 2.38 bits per heavy atom. The first-order valence-corrected chi connectivity index (χ1v) is 18.6. The van der Waals surface area contributed by atoms with E-state index >= 15 is 0 Å². The number of aromatic nitrogens is 4.